The highest BCUT2D eigenvalue weighted by Crippen LogP contribution is 2.27. The summed E-state index contributed by atoms with van der Waals surface area (Å²) in [5.41, 5.74) is 2.06. The van der Waals surface area contributed by atoms with E-state index in [1.54, 1.807) is 48.5 Å². The van der Waals surface area contributed by atoms with Crippen LogP contribution in [0.15, 0.2) is 48.5 Å². The molecular formula is C32H36O8. The third-order valence-corrected chi connectivity index (χ3v) is 6.88. The van der Waals surface area contributed by atoms with Gasteiger partial charge in [-0.3, -0.25) is 19.2 Å². The second-order valence-corrected chi connectivity index (χ2v) is 9.60. The fourth-order valence-corrected chi connectivity index (χ4v) is 4.32. The van der Waals surface area contributed by atoms with Crippen LogP contribution in [0.25, 0.3) is 0 Å². The van der Waals surface area contributed by atoms with Gasteiger partial charge in [-0.2, -0.15) is 0 Å². The minimum Gasteiger partial charge on any atom is -0.303 e. The molecule has 2 atom stereocenters. The molecule has 0 spiro atoms. The molecule has 0 heterocycles. The molecule has 8 nitrogen and oxygen atoms in total. The first-order valence-corrected chi connectivity index (χ1v) is 13.3. The standard InChI is InChI=1S/C8H12O2.C8H6O2.C8H12O2.C8H6O2/c2*9-5-7-1-2-8(6-10)4-3-7;2*9-5-7-3-1-2-4-8(7)6-10/h5-8H,1-4H2;1-6H;5-8H,1-4H2;1-6H. The number of carbonyl (C=O) groups is 8. The van der Waals surface area contributed by atoms with Crippen LogP contribution in [-0.4, -0.2) is 50.3 Å². The predicted octanol–water partition coefficient (Wildman–Crippen LogP) is 5.00. The van der Waals surface area contributed by atoms with Crippen molar-refractivity contribution >= 4 is 50.3 Å². The average Bonchev–Trinajstić information content (AvgIpc) is 3.05. The van der Waals surface area contributed by atoms with E-state index in [-0.39, 0.29) is 23.7 Å². The highest BCUT2D eigenvalue weighted by molar-refractivity contribution is 5.90. The van der Waals surface area contributed by atoms with Gasteiger partial charge in [-0.05, 0) is 38.5 Å². The van der Waals surface area contributed by atoms with Crippen LogP contribution < -0.4 is 0 Å². The Kier molecular flexibility index (Phi) is 17.5. The molecule has 0 saturated heterocycles. The van der Waals surface area contributed by atoms with Crippen molar-refractivity contribution < 1.29 is 38.4 Å². The van der Waals surface area contributed by atoms with Gasteiger partial charge in [0, 0.05) is 45.9 Å². The van der Waals surface area contributed by atoms with Crippen LogP contribution in [0.5, 0.6) is 0 Å². The van der Waals surface area contributed by atoms with Gasteiger partial charge in [0.2, 0.25) is 0 Å². The SMILES string of the molecule is O=CC1CCC(C=O)CC1.O=CC1CCCCC1C=O.O=Cc1ccc(C=O)cc1.O=Cc1ccccc1C=O. The van der Waals surface area contributed by atoms with Gasteiger partial charge < -0.3 is 19.2 Å². The number of hydrogen-bond acceptors (Lipinski definition) is 8. The lowest BCUT2D eigenvalue weighted by atomic mass is 9.81. The number of carbonyl (C=O) groups excluding carboxylic acids is 8. The van der Waals surface area contributed by atoms with Crippen molar-refractivity contribution in [2.45, 2.75) is 51.4 Å². The Morgan fingerprint density at radius 1 is 0.425 bits per heavy atom. The Morgan fingerprint density at radius 2 is 0.775 bits per heavy atom. The largest absolute Gasteiger partial charge is 0.303 e. The van der Waals surface area contributed by atoms with Crippen molar-refractivity contribution in [3.8, 4) is 0 Å². The summed E-state index contributed by atoms with van der Waals surface area (Å²) >= 11 is 0. The Labute approximate surface area is 234 Å². The highest BCUT2D eigenvalue weighted by Gasteiger charge is 2.23. The van der Waals surface area contributed by atoms with Crippen molar-refractivity contribution in [3.05, 3.63) is 70.8 Å². The van der Waals surface area contributed by atoms with E-state index in [4.69, 9.17) is 0 Å². The third-order valence-electron chi connectivity index (χ3n) is 6.88. The summed E-state index contributed by atoms with van der Waals surface area (Å²) in [5.74, 6) is 0.505. The van der Waals surface area contributed by atoms with E-state index in [1.807, 2.05) is 0 Å². The summed E-state index contributed by atoms with van der Waals surface area (Å²) in [5, 5.41) is 0. The molecule has 2 unspecified atom stereocenters. The summed E-state index contributed by atoms with van der Waals surface area (Å²) in [6.07, 6.45) is 14.4. The van der Waals surface area contributed by atoms with Crippen molar-refractivity contribution in [3.63, 3.8) is 0 Å². The molecule has 2 aliphatic rings. The van der Waals surface area contributed by atoms with E-state index < -0.39 is 0 Å². The fraction of sp³-hybridized carbons (Fsp3) is 0.375. The van der Waals surface area contributed by atoms with E-state index in [0.717, 1.165) is 89.1 Å². The molecule has 2 aliphatic carbocycles. The van der Waals surface area contributed by atoms with Crippen LogP contribution in [0.4, 0.5) is 0 Å². The summed E-state index contributed by atoms with van der Waals surface area (Å²) in [7, 11) is 0. The normalized spacial score (nSPS) is 21.0. The summed E-state index contributed by atoms with van der Waals surface area (Å²) < 4.78 is 0. The maximum Gasteiger partial charge on any atom is 0.150 e. The quantitative estimate of drug-likeness (QED) is 0.420. The smallest absolute Gasteiger partial charge is 0.150 e. The summed E-state index contributed by atoms with van der Waals surface area (Å²) in [6.45, 7) is 0. The summed E-state index contributed by atoms with van der Waals surface area (Å²) in [4.78, 5) is 82.0. The van der Waals surface area contributed by atoms with Gasteiger partial charge in [-0.1, -0.05) is 61.4 Å². The topological polar surface area (TPSA) is 137 Å². The molecular weight excluding hydrogens is 512 g/mol. The zero-order chi connectivity index (χ0) is 29.6. The van der Waals surface area contributed by atoms with Gasteiger partial charge in [0.15, 0.2) is 12.6 Å². The molecule has 0 amide bonds. The molecule has 2 fully saturated rings. The number of aldehydes is 8. The lowest BCUT2D eigenvalue weighted by Crippen LogP contribution is -2.21. The fourth-order valence-electron chi connectivity index (χ4n) is 4.32. The van der Waals surface area contributed by atoms with Crippen LogP contribution in [0.3, 0.4) is 0 Å². The monoisotopic (exact) mass is 548 g/mol. The molecule has 2 aromatic carbocycles. The maximum absolute atomic E-state index is 10.4. The van der Waals surface area contributed by atoms with Gasteiger partial charge in [0.25, 0.3) is 0 Å². The Balaban J connectivity index is 0.000000267. The van der Waals surface area contributed by atoms with Crippen LogP contribution in [0.1, 0.15) is 92.8 Å². The average molecular weight is 549 g/mol. The maximum atomic E-state index is 10.4. The molecule has 0 aromatic heterocycles. The Hall–Kier alpha value is -4.20. The third kappa shape index (κ3) is 12.6. The minimum atomic E-state index is 0.0197. The van der Waals surface area contributed by atoms with Gasteiger partial charge in [-0.15, -0.1) is 0 Å². The van der Waals surface area contributed by atoms with Crippen LogP contribution in [0, 0.1) is 23.7 Å². The van der Waals surface area contributed by atoms with Crippen molar-refractivity contribution in [2.24, 2.45) is 23.7 Å². The molecule has 2 aromatic rings. The first kappa shape index (κ1) is 33.8. The molecule has 0 radical (unpaired) electrons. The van der Waals surface area contributed by atoms with Crippen LogP contribution >= 0.6 is 0 Å². The van der Waals surface area contributed by atoms with Crippen molar-refractivity contribution in [2.75, 3.05) is 0 Å². The van der Waals surface area contributed by atoms with E-state index >= 15 is 0 Å². The summed E-state index contributed by atoms with van der Waals surface area (Å²) in [6, 6.07) is 13.1. The van der Waals surface area contributed by atoms with E-state index in [0.29, 0.717) is 34.8 Å². The van der Waals surface area contributed by atoms with Gasteiger partial charge in [-0.25, -0.2) is 0 Å². The van der Waals surface area contributed by atoms with Crippen molar-refractivity contribution in [1.82, 2.24) is 0 Å². The van der Waals surface area contributed by atoms with Gasteiger partial charge in [0.05, 0.1) is 0 Å². The lowest BCUT2D eigenvalue weighted by Gasteiger charge is -2.22. The zero-order valence-electron chi connectivity index (χ0n) is 22.5. The molecule has 8 heteroatoms. The number of rotatable bonds is 8. The van der Waals surface area contributed by atoms with E-state index in [9.17, 15) is 38.4 Å². The highest BCUT2D eigenvalue weighted by atomic mass is 16.1. The molecule has 0 bridgehead atoms. The first-order chi connectivity index (χ1) is 19.5. The Morgan fingerprint density at radius 3 is 1.02 bits per heavy atom. The van der Waals surface area contributed by atoms with E-state index in [1.165, 1.54) is 0 Å². The molecule has 212 valence electrons. The van der Waals surface area contributed by atoms with Crippen molar-refractivity contribution in [1.29, 1.82) is 0 Å². The first-order valence-electron chi connectivity index (χ1n) is 13.3. The Bertz CT molecular complexity index is 998. The molecule has 0 aliphatic heterocycles. The van der Waals surface area contributed by atoms with E-state index in [2.05, 4.69) is 0 Å². The number of benzene rings is 2. The van der Waals surface area contributed by atoms with Crippen LogP contribution in [0.2, 0.25) is 0 Å². The molecule has 0 N–H and O–H groups in total. The van der Waals surface area contributed by atoms with Gasteiger partial charge >= 0.3 is 0 Å². The lowest BCUT2D eigenvalue weighted by molar-refractivity contribution is -0.120. The second-order valence-electron chi connectivity index (χ2n) is 9.60. The molecule has 4 rings (SSSR count). The zero-order valence-corrected chi connectivity index (χ0v) is 22.5. The second kappa shape index (κ2) is 20.7. The predicted molar refractivity (Wildman–Crippen MR) is 150 cm³/mol. The number of hydrogen-bond donors (Lipinski definition) is 0. The minimum absolute atomic E-state index is 0.0197. The van der Waals surface area contributed by atoms with Gasteiger partial charge in [0.1, 0.15) is 37.7 Å². The molecule has 40 heavy (non-hydrogen) atoms. The van der Waals surface area contributed by atoms with Crippen LogP contribution in [-0.2, 0) is 19.2 Å². The molecule has 2 saturated carbocycles.